The number of non-ortho nitro benzene ring substituents is 1. The van der Waals surface area contributed by atoms with Crippen LogP contribution in [0.15, 0.2) is 81.3 Å². The maximum Gasteiger partial charge on any atom is 0.270 e. The average molecular weight is 544 g/mol. The molecule has 174 valence electrons. The molecule has 3 aromatic carbocycles. The molecule has 0 amide bonds. The topological polar surface area (TPSA) is 139 Å². The van der Waals surface area contributed by atoms with Crippen LogP contribution in [-0.2, 0) is 10.0 Å². The van der Waals surface area contributed by atoms with Crippen molar-refractivity contribution in [3.63, 3.8) is 0 Å². The van der Waals surface area contributed by atoms with E-state index in [1.165, 1.54) is 37.6 Å². The van der Waals surface area contributed by atoms with Crippen molar-refractivity contribution in [1.29, 1.82) is 0 Å². The zero-order valence-electron chi connectivity index (χ0n) is 17.7. The standard InChI is InChI=1S/C22H18BrN5O5S/c1-33-18-6-3-16(4-7-18)27-34(31,32)22-11-17(28(29)30)5-9-21(22)26-25-13-14-12-24-20-8-2-15(23)10-19(14)20/h2-13,24,26-27H,1H3/b25-13+. The summed E-state index contributed by atoms with van der Waals surface area (Å²) in [5.74, 6) is 0.555. The minimum Gasteiger partial charge on any atom is -0.497 e. The number of nitro groups is 1. The molecular formula is C22H18BrN5O5S. The van der Waals surface area contributed by atoms with E-state index in [1.54, 1.807) is 18.3 Å². The molecule has 4 rings (SSSR count). The molecule has 0 aliphatic rings. The van der Waals surface area contributed by atoms with Crippen molar-refractivity contribution in [2.75, 3.05) is 17.3 Å². The molecule has 1 aromatic heterocycles. The first-order chi connectivity index (χ1) is 16.3. The fraction of sp³-hybridized carbons (Fsp3) is 0.0455. The number of fused-ring (bicyclic) bond motifs is 1. The summed E-state index contributed by atoms with van der Waals surface area (Å²) in [6.07, 6.45) is 3.29. The van der Waals surface area contributed by atoms with Gasteiger partial charge >= 0.3 is 0 Å². The van der Waals surface area contributed by atoms with Gasteiger partial charge in [-0.15, -0.1) is 0 Å². The van der Waals surface area contributed by atoms with Crippen LogP contribution in [0.1, 0.15) is 5.56 Å². The first-order valence-electron chi connectivity index (χ1n) is 9.78. The molecule has 0 aliphatic heterocycles. The number of sulfonamides is 1. The summed E-state index contributed by atoms with van der Waals surface area (Å²) in [7, 11) is -2.69. The number of methoxy groups -OCH3 is 1. The molecule has 0 bridgehead atoms. The average Bonchev–Trinajstić information content (AvgIpc) is 3.21. The molecule has 1 heterocycles. The number of nitro benzene ring substituents is 1. The number of benzene rings is 3. The molecule has 0 fully saturated rings. The van der Waals surface area contributed by atoms with E-state index >= 15 is 0 Å². The van der Waals surface area contributed by atoms with Gasteiger partial charge in [-0.05, 0) is 48.5 Å². The molecule has 0 atom stereocenters. The second-order valence-corrected chi connectivity index (χ2v) is 9.64. The number of nitrogens with one attached hydrogen (secondary N) is 3. The van der Waals surface area contributed by atoms with Crippen LogP contribution in [0.5, 0.6) is 5.75 Å². The van der Waals surface area contributed by atoms with Crippen molar-refractivity contribution in [3.8, 4) is 5.75 Å². The number of hydrogen-bond acceptors (Lipinski definition) is 7. The number of nitrogens with zero attached hydrogens (tertiary/aromatic N) is 2. The van der Waals surface area contributed by atoms with Crippen molar-refractivity contribution >= 4 is 60.1 Å². The van der Waals surface area contributed by atoms with Crippen LogP contribution in [0, 0.1) is 10.1 Å². The monoisotopic (exact) mass is 543 g/mol. The Labute approximate surface area is 203 Å². The fourth-order valence-corrected chi connectivity index (χ4v) is 4.80. The third-order valence-electron chi connectivity index (χ3n) is 4.87. The second kappa shape index (κ2) is 9.53. The highest BCUT2D eigenvalue weighted by Gasteiger charge is 2.23. The number of H-pyrrole nitrogens is 1. The van der Waals surface area contributed by atoms with Crippen LogP contribution in [0.2, 0.25) is 0 Å². The summed E-state index contributed by atoms with van der Waals surface area (Å²) in [4.78, 5) is 13.4. The largest absolute Gasteiger partial charge is 0.497 e. The molecule has 12 heteroatoms. The number of aromatic nitrogens is 1. The number of aromatic amines is 1. The molecule has 0 unspecified atom stereocenters. The molecule has 0 saturated heterocycles. The summed E-state index contributed by atoms with van der Waals surface area (Å²) >= 11 is 3.43. The van der Waals surface area contributed by atoms with Gasteiger partial charge in [-0.1, -0.05) is 15.9 Å². The maximum absolute atomic E-state index is 13.1. The Morgan fingerprint density at radius 2 is 1.88 bits per heavy atom. The van der Waals surface area contributed by atoms with Crippen molar-refractivity contribution in [2.45, 2.75) is 4.90 Å². The van der Waals surface area contributed by atoms with Gasteiger partial charge in [-0.3, -0.25) is 20.3 Å². The minimum atomic E-state index is -4.19. The lowest BCUT2D eigenvalue weighted by molar-refractivity contribution is -0.385. The quantitative estimate of drug-likeness (QED) is 0.160. The van der Waals surface area contributed by atoms with E-state index in [1.807, 2.05) is 18.2 Å². The van der Waals surface area contributed by atoms with Gasteiger partial charge in [0.05, 0.1) is 23.9 Å². The van der Waals surface area contributed by atoms with E-state index in [0.717, 1.165) is 27.0 Å². The van der Waals surface area contributed by atoms with Gasteiger partial charge in [-0.2, -0.15) is 5.10 Å². The third-order valence-corrected chi connectivity index (χ3v) is 6.79. The van der Waals surface area contributed by atoms with Crippen LogP contribution in [0.25, 0.3) is 10.9 Å². The van der Waals surface area contributed by atoms with E-state index in [-0.39, 0.29) is 22.0 Å². The Morgan fingerprint density at radius 1 is 1.12 bits per heavy atom. The predicted octanol–water partition coefficient (Wildman–Crippen LogP) is 5.09. The summed E-state index contributed by atoms with van der Waals surface area (Å²) < 4.78 is 34.6. The van der Waals surface area contributed by atoms with Crippen LogP contribution in [-0.4, -0.2) is 31.6 Å². The number of hydrogen-bond donors (Lipinski definition) is 3. The van der Waals surface area contributed by atoms with Gasteiger partial charge in [0.2, 0.25) is 0 Å². The van der Waals surface area contributed by atoms with Gasteiger partial charge in [0.25, 0.3) is 15.7 Å². The van der Waals surface area contributed by atoms with Crippen LogP contribution >= 0.6 is 15.9 Å². The Morgan fingerprint density at radius 3 is 2.59 bits per heavy atom. The van der Waals surface area contributed by atoms with Gasteiger partial charge < -0.3 is 9.72 Å². The van der Waals surface area contributed by atoms with Crippen molar-refractivity contribution in [3.05, 3.63) is 87.0 Å². The Balaban J connectivity index is 1.65. The first-order valence-corrected chi connectivity index (χ1v) is 12.1. The van der Waals surface area contributed by atoms with Crippen LogP contribution < -0.4 is 14.9 Å². The Kier molecular flexibility index (Phi) is 6.52. The number of halogens is 1. The maximum atomic E-state index is 13.1. The zero-order valence-corrected chi connectivity index (χ0v) is 20.1. The lowest BCUT2D eigenvalue weighted by Gasteiger charge is -2.12. The van der Waals surface area contributed by atoms with E-state index in [0.29, 0.717) is 5.75 Å². The molecule has 0 radical (unpaired) electrons. The van der Waals surface area contributed by atoms with Gasteiger partial charge in [0.15, 0.2) is 0 Å². The number of rotatable bonds is 8. The molecule has 3 N–H and O–H groups in total. The number of ether oxygens (including phenoxy) is 1. The zero-order chi connectivity index (χ0) is 24.3. The van der Waals surface area contributed by atoms with Gasteiger partial charge in [0.1, 0.15) is 10.6 Å². The lowest BCUT2D eigenvalue weighted by Crippen LogP contribution is -2.15. The Hall–Kier alpha value is -3.90. The summed E-state index contributed by atoms with van der Waals surface area (Å²) in [5, 5.41) is 16.3. The van der Waals surface area contributed by atoms with Gasteiger partial charge in [-0.25, -0.2) is 8.42 Å². The molecule has 0 spiro atoms. The van der Waals surface area contributed by atoms with E-state index < -0.39 is 14.9 Å². The summed E-state index contributed by atoms with van der Waals surface area (Å²) in [5.41, 5.74) is 4.34. The highest BCUT2D eigenvalue weighted by molar-refractivity contribution is 9.10. The Bertz CT molecular complexity index is 1500. The number of anilines is 2. The highest BCUT2D eigenvalue weighted by atomic mass is 79.9. The summed E-state index contributed by atoms with van der Waals surface area (Å²) in [6, 6.07) is 15.4. The lowest BCUT2D eigenvalue weighted by atomic mass is 10.2. The molecule has 10 nitrogen and oxygen atoms in total. The smallest absolute Gasteiger partial charge is 0.270 e. The van der Waals surface area contributed by atoms with E-state index in [4.69, 9.17) is 4.74 Å². The molecule has 4 aromatic rings. The SMILES string of the molecule is COc1ccc(NS(=O)(=O)c2cc([N+](=O)[O-])ccc2N/N=C/c2c[nH]c3ccc(Br)cc23)cc1. The van der Waals surface area contributed by atoms with Gasteiger partial charge in [0, 0.05) is 45.0 Å². The highest BCUT2D eigenvalue weighted by Crippen LogP contribution is 2.29. The predicted molar refractivity (Wildman–Crippen MR) is 134 cm³/mol. The molecule has 0 aliphatic carbocycles. The van der Waals surface area contributed by atoms with E-state index in [9.17, 15) is 18.5 Å². The number of hydrazone groups is 1. The fourth-order valence-electron chi connectivity index (χ4n) is 3.20. The molecule has 34 heavy (non-hydrogen) atoms. The van der Waals surface area contributed by atoms with Crippen molar-refractivity contribution in [2.24, 2.45) is 5.10 Å². The van der Waals surface area contributed by atoms with Crippen molar-refractivity contribution in [1.82, 2.24) is 4.98 Å². The van der Waals surface area contributed by atoms with E-state index in [2.05, 4.69) is 36.2 Å². The third kappa shape index (κ3) is 5.02. The summed E-state index contributed by atoms with van der Waals surface area (Å²) in [6.45, 7) is 0. The first kappa shape index (κ1) is 23.3. The van der Waals surface area contributed by atoms with Crippen molar-refractivity contribution < 1.29 is 18.1 Å². The normalized spacial score (nSPS) is 11.6. The minimum absolute atomic E-state index is 0.0730. The second-order valence-electron chi connectivity index (χ2n) is 7.08. The molecular weight excluding hydrogens is 526 g/mol. The van der Waals surface area contributed by atoms with Crippen LogP contribution in [0.3, 0.4) is 0 Å². The van der Waals surface area contributed by atoms with Crippen LogP contribution in [0.4, 0.5) is 17.1 Å². The molecule has 0 saturated carbocycles.